The molecule has 5 heteroatoms. The molecule has 0 bridgehead atoms. The number of rotatable bonds is 2. The third-order valence-corrected chi connectivity index (χ3v) is 9.32. The SMILES string of the molecule is CC12CCC(=O)C=C1CCC1C2C(O)CC2(C)C1CC[C@]2(O)C(=O)CI. The summed E-state index contributed by atoms with van der Waals surface area (Å²) in [7, 11) is 0. The van der Waals surface area contributed by atoms with Gasteiger partial charge in [-0.15, -0.1) is 0 Å². The van der Waals surface area contributed by atoms with Crippen molar-refractivity contribution in [1.82, 2.24) is 0 Å². The Balaban J connectivity index is 1.74. The minimum atomic E-state index is -1.30. The van der Waals surface area contributed by atoms with Crippen LogP contribution >= 0.6 is 22.6 Å². The van der Waals surface area contributed by atoms with E-state index in [0.29, 0.717) is 29.6 Å². The lowest BCUT2D eigenvalue weighted by Gasteiger charge is -2.60. The van der Waals surface area contributed by atoms with Gasteiger partial charge in [0, 0.05) is 11.8 Å². The van der Waals surface area contributed by atoms with Crippen molar-refractivity contribution in [1.29, 1.82) is 0 Å². The first-order valence-electron chi connectivity index (χ1n) is 9.91. The second-order valence-electron chi connectivity index (χ2n) is 9.53. The van der Waals surface area contributed by atoms with Gasteiger partial charge in [0.1, 0.15) is 5.60 Å². The average molecular weight is 472 g/mol. The Hall–Kier alpha value is -0.270. The summed E-state index contributed by atoms with van der Waals surface area (Å²) in [6.07, 6.45) is 6.40. The quantitative estimate of drug-likeness (QED) is 0.478. The largest absolute Gasteiger partial charge is 0.393 e. The molecule has 4 rings (SSSR count). The molecule has 0 aromatic carbocycles. The third-order valence-electron chi connectivity index (χ3n) is 8.63. The molecule has 3 saturated carbocycles. The van der Waals surface area contributed by atoms with Crippen molar-refractivity contribution >= 4 is 34.2 Å². The topological polar surface area (TPSA) is 74.6 Å². The van der Waals surface area contributed by atoms with E-state index in [9.17, 15) is 19.8 Å². The Labute approximate surface area is 168 Å². The molecule has 144 valence electrons. The summed E-state index contributed by atoms with van der Waals surface area (Å²) in [6, 6.07) is 0. The molecular weight excluding hydrogens is 443 g/mol. The third kappa shape index (κ3) is 2.32. The molecule has 4 nitrogen and oxygen atoms in total. The number of ketones is 2. The lowest BCUT2D eigenvalue weighted by Crippen LogP contribution is -2.61. The summed E-state index contributed by atoms with van der Waals surface area (Å²) in [6.45, 7) is 4.26. The number of alkyl halides is 1. The van der Waals surface area contributed by atoms with Crippen molar-refractivity contribution < 1.29 is 19.8 Å². The number of allylic oxidation sites excluding steroid dienone is 1. The molecule has 3 fully saturated rings. The van der Waals surface area contributed by atoms with Crippen LogP contribution in [0.25, 0.3) is 0 Å². The van der Waals surface area contributed by atoms with Crippen LogP contribution in [0.2, 0.25) is 0 Å². The van der Waals surface area contributed by atoms with Gasteiger partial charge in [-0.1, -0.05) is 42.0 Å². The maximum absolute atomic E-state index is 12.6. The van der Waals surface area contributed by atoms with E-state index in [1.807, 2.05) is 35.6 Å². The van der Waals surface area contributed by atoms with Crippen molar-refractivity contribution in [3.05, 3.63) is 11.6 Å². The molecule has 0 radical (unpaired) electrons. The standard InChI is InChI=1S/C21H29IO4/c1-19-7-5-13(23)9-12(19)3-4-14-15-6-8-21(26,17(25)11-22)20(15,2)10-16(24)18(14)19/h9,14-16,18,24,26H,3-8,10-11H2,1-2H3/t14?,15?,16?,18?,19?,20?,21-/m0/s1. The van der Waals surface area contributed by atoms with Gasteiger partial charge in [-0.25, -0.2) is 0 Å². The molecule has 0 amide bonds. The summed E-state index contributed by atoms with van der Waals surface area (Å²) in [4.78, 5) is 24.5. The highest BCUT2D eigenvalue weighted by atomic mass is 127. The molecule has 0 heterocycles. The Morgan fingerprint density at radius 2 is 2.00 bits per heavy atom. The second kappa shape index (κ2) is 6.11. The van der Waals surface area contributed by atoms with Crippen LogP contribution in [0.4, 0.5) is 0 Å². The number of fused-ring (bicyclic) bond motifs is 5. The normalized spacial score (nSPS) is 50.5. The lowest BCUT2D eigenvalue weighted by atomic mass is 9.45. The molecule has 4 aliphatic rings. The van der Waals surface area contributed by atoms with Crippen molar-refractivity contribution in [2.75, 3.05) is 4.43 Å². The van der Waals surface area contributed by atoms with Gasteiger partial charge < -0.3 is 10.2 Å². The molecule has 7 atom stereocenters. The summed E-state index contributed by atoms with van der Waals surface area (Å²) in [5.41, 5.74) is -0.748. The van der Waals surface area contributed by atoms with Gasteiger partial charge in [-0.3, -0.25) is 9.59 Å². The van der Waals surface area contributed by atoms with Crippen molar-refractivity contribution in [2.45, 2.75) is 70.5 Å². The predicted molar refractivity (Wildman–Crippen MR) is 107 cm³/mol. The molecule has 0 spiro atoms. The number of hydrogen-bond donors (Lipinski definition) is 2. The van der Waals surface area contributed by atoms with Gasteiger partial charge in [-0.05, 0) is 67.8 Å². The Morgan fingerprint density at radius 3 is 2.69 bits per heavy atom. The first-order valence-corrected chi connectivity index (χ1v) is 11.4. The van der Waals surface area contributed by atoms with Crippen LogP contribution in [0.5, 0.6) is 0 Å². The van der Waals surface area contributed by atoms with E-state index < -0.39 is 17.1 Å². The highest BCUT2D eigenvalue weighted by Gasteiger charge is 2.68. The van der Waals surface area contributed by atoms with Gasteiger partial charge in [-0.2, -0.15) is 0 Å². The smallest absolute Gasteiger partial charge is 0.174 e. The van der Waals surface area contributed by atoms with E-state index in [-0.39, 0.29) is 28.8 Å². The molecule has 26 heavy (non-hydrogen) atoms. The highest BCUT2D eigenvalue weighted by molar-refractivity contribution is 14.1. The zero-order valence-corrected chi connectivity index (χ0v) is 17.8. The van der Waals surface area contributed by atoms with Crippen LogP contribution in [0.15, 0.2) is 11.6 Å². The summed E-state index contributed by atoms with van der Waals surface area (Å²) in [5, 5.41) is 22.6. The molecule has 6 unspecified atom stereocenters. The average Bonchev–Trinajstić information content (AvgIpc) is 2.86. The van der Waals surface area contributed by atoms with Gasteiger partial charge in [0.15, 0.2) is 11.6 Å². The fourth-order valence-corrected chi connectivity index (χ4v) is 7.89. The number of aliphatic hydroxyl groups excluding tert-OH is 1. The summed E-state index contributed by atoms with van der Waals surface area (Å²) < 4.78 is 0.313. The Kier molecular flexibility index (Phi) is 4.48. The lowest BCUT2D eigenvalue weighted by molar-refractivity contribution is -0.178. The summed E-state index contributed by atoms with van der Waals surface area (Å²) in [5.74, 6) is 0.846. The van der Waals surface area contributed by atoms with E-state index in [2.05, 4.69) is 6.92 Å². The zero-order chi connectivity index (χ0) is 18.9. The molecule has 0 aromatic heterocycles. The maximum Gasteiger partial charge on any atom is 0.174 e. The van der Waals surface area contributed by atoms with Gasteiger partial charge in [0.05, 0.1) is 10.5 Å². The van der Waals surface area contributed by atoms with E-state index in [4.69, 9.17) is 0 Å². The monoisotopic (exact) mass is 472 g/mol. The number of aliphatic hydroxyl groups is 2. The number of carbonyl (C=O) groups excluding carboxylic acids is 2. The number of hydrogen-bond acceptors (Lipinski definition) is 4. The second-order valence-corrected chi connectivity index (χ2v) is 10.3. The van der Waals surface area contributed by atoms with Crippen molar-refractivity contribution in [3.8, 4) is 0 Å². The van der Waals surface area contributed by atoms with E-state index in [1.165, 1.54) is 5.57 Å². The minimum absolute atomic E-state index is 0.0837. The van der Waals surface area contributed by atoms with Crippen LogP contribution in [-0.2, 0) is 9.59 Å². The maximum atomic E-state index is 12.6. The molecule has 0 aromatic rings. The Bertz CT molecular complexity index is 687. The number of carbonyl (C=O) groups is 2. The molecule has 0 saturated heterocycles. The fourth-order valence-electron chi connectivity index (χ4n) is 7.26. The fraction of sp³-hybridized carbons (Fsp3) is 0.810. The number of Topliss-reactive ketones (excluding diaryl/α,β-unsaturated/α-hetero) is 1. The zero-order valence-electron chi connectivity index (χ0n) is 15.6. The van der Waals surface area contributed by atoms with E-state index in [0.717, 1.165) is 25.7 Å². The van der Waals surface area contributed by atoms with E-state index >= 15 is 0 Å². The van der Waals surface area contributed by atoms with Crippen LogP contribution in [0, 0.1) is 28.6 Å². The van der Waals surface area contributed by atoms with Crippen LogP contribution in [0.3, 0.4) is 0 Å². The number of halogens is 1. The van der Waals surface area contributed by atoms with E-state index in [1.54, 1.807) is 0 Å². The first kappa shape index (κ1) is 19.1. The van der Waals surface area contributed by atoms with Crippen molar-refractivity contribution in [2.24, 2.45) is 28.6 Å². The van der Waals surface area contributed by atoms with Gasteiger partial charge in [0.25, 0.3) is 0 Å². The van der Waals surface area contributed by atoms with Crippen LogP contribution < -0.4 is 0 Å². The molecule has 0 aliphatic heterocycles. The highest BCUT2D eigenvalue weighted by Crippen LogP contribution is 2.67. The summed E-state index contributed by atoms with van der Waals surface area (Å²) >= 11 is 2.04. The predicted octanol–water partition coefficient (Wildman–Crippen LogP) is 3.22. The van der Waals surface area contributed by atoms with Crippen LogP contribution in [0.1, 0.15) is 58.8 Å². The minimum Gasteiger partial charge on any atom is -0.393 e. The molecule has 4 aliphatic carbocycles. The van der Waals surface area contributed by atoms with Gasteiger partial charge in [0.2, 0.25) is 0 Å². The van der Waals surface area contributed by atoms with Gasteiger partial charge >= 0.3 is 0 Å². The Morgan fingerprint density at radius 1 is 1.27 bits per heavy atom. The molecule has 2 N–H and O–H groups in total. The first-order chi connectivity index (χ1) is 12.2. The molecular formula is C21H29IO4. The van der Waals surface area contributed by atoms with Crippen LogP contribution in [-0.4, -0.2) is 37.9 Å². The van der Waals surface area contributed by atoms with Crippen molar-refractivity contribution in [3.63, 3.8) is 0 Å².